The molecule has 0 aliphatic carbocycles. The fraction of sp³-hybridized carbons (Fsp3) is 0.125. The summed E-state index contributed by atoms with van der Waals surface area (Å²) in [5.41, 5.74) is 2.02. The maximum absolute atomic E-state index is 10.2. The van der Waals surface area contributed by atoms with Gasteiger partial charge in [0.05, 0.1) is 5.56 Å². The topological polar surface area (TPSA) is 58.9 Å². The number of hydrogen-bond acceptors (Lipinski definition) is 4. The molecule has 0 bridgehead atoms. The van der Waals surface area contributed by atoms with E-state index in [2.05, 4.69) is 34.7 Å². The smallest absolute Gasteiger partial charge is 0.167 e. The van der Waals surface area contributed by atoms with Gasteiger partial charge in [-0.25, -0.2) is 15.0 Å². The molecule has 0 aliphatic heterocycles. The molecule has 0 saturated heterocycles. The van der Waals surface area contributed by atoms with Crippen molar-refractivity contribution in [2.24, 2.45) is 0 Å². The molecular weight excluding hydrogens is 346 g/mol. The highest BCUT2D eigenvalue weighted by Crippen LogP contribution is 2.28. The summed E-state index contributed by atoms with van der Waals surface area (Å²) in [7, 11) is 0. The van der Waals surface area contributed by atoms with Crippen molar-refractivity contribution in [3.05, 3.63) is 98.2 Å². The number of rotatable bonds is 7. The Labute approximate surface area is 167 Å². The van der Waals surface area contributed by atoms with Crippen LogP contribution in [0.2, 0.25) is 0 Å². The van der Waals surface area contributed by atoms with E-state index in [0.717, 1.165) is 5.57 Å². The monoisotopic (exact) mass is 373 g/mol. The minimum atomic E-state index is 0.101. The molecule has 0 aliphatic rings. The number of aromatic nitrogens is 3. The van der Waals surface area contributed by atoms with E-state index in [1.165, 1.54) is 0 Å². The molecule has 0 saturated carbocycles. The van der Waals surface area contributed by atoms with Crippen molar-refractivity contribution < 1.29 is 5.11 Å². The Hall–Kier alpha value is -3.53. The molecule has 2 aromatic rings. The quantitative estimate of drug-likeness (QED) is 0.590. The van der Waals surface area contributed by atoms with Gasteiger partial charge in [0.25, 0.3) is 0 Å². The fourth-order valence-electron chi connectivity index (χ4n) is 2.29. The van der Waals surface area contributed by atoms with E-state index in [9.17, 15) is 5.11 Å². The molecule has 4 heteroatoms. The molecular formula is C24H27N3O. The second-order valence-electron chi connectivity index (χ2n) is 5.24. The Morgan fingerprint density at radius 2 is 1.46 bits per heavy atom. The van der Waals surface area contributed by atoms with Gasteiger partial charge in [0.15, 0.2) is 17.5 Å². The highest BCUT2D eigenvalue weighted by Gasteiger charge is 2.14. The molecule has 144 valence electrons. The number of nitrogens with zero attached hydrogens (tertiary/aromatic N) is 3. The van der Waals surface area contributed by atoms with Gasteiger partial charge >= 0.3 is 0 Å². The van der Waals surface area contributed by atoms with Gasteiger partial charge in [-0.1, -0.05) is 88.2 Å². The van der Waals surface area contributed by atoms with Crippen molar-refractivity contribution >= 4 is 11.1 Å². The second kappa shape index (κ2) is 12.0. The van der Waals surface area contributed by atoms with Crippen LogP contribution in [0.1, 0.15) is 32.4 Å². The molecule has 0 atom stereocenters. The van der Waals surface area contributed by atoms with Crippen LogP contribution in [-0.2, 0) is 0 Å². The van der Waals surface area contributed by atoms with Crippen LogP contribution in [-0.4, -0.2) is 20.1 Å². The number of aromatic hydroxyl groups is 1. The second-order valence-corrected chi connectivity index (χ2v) is 5.24. The van der Waals surface area contributed by atoms with Crippen molar-refractivity contribution in [2.45, 2.75) is 20.8 Å². The van der Waals surface area contributed by atoms with Gasteiger partial charge in [0.1, 0.15) is 5.75 Å². The van der Waals surface area contributed by atoms with Crippen molar-refractivity contribution in [1.82, 2.24) is 15.0 Å². The third-order valence-electron chi connectivity index (χ3n) is 3.46. The number of allylic oxidation sites excluding steroid dienone is 9. The van der Waals surface area contributed by atoms with Crippen LogP contribution in [0.4, 0.5) is 0 Å². The van der Waals surface area contributed by atoms with Crippen molar-refractivity contribution in [1.29, 1.82) is 0 Å². The average Bonchev–Trinajstić information content (AvgIpc) is 2.73. The Morgan fingerprint density at radius 3 is 2.00 bits per heavy atom. The molecule has 0 amide bonds. The standard InChI is InChI=1S/C22H21N3O.C2H6/c1-5-11-16(8-4)20-23-21(17(12-6-2)13-7-3)25-22(24-20)18-14-9-10-15-19(18)26;1-2/h5-15,26H,1-2,4H2,3H3;1-2H3/b13-7-,16-11+,17-12+;. The molecule has 0 spiro atoms. The predicted octanol–water partition coefficient (Wildman–Crippen LogP) is 6.17. The SMILES string of the molecule is C=C/C=C(\C=C)c1nc(C(/C=C\C)=C/C=C)nc(-c2ccccc2O)n1.CC. The molecule has 0 unspecified atom stereocenters. The molecule has 4 nitrogen and oxygen atoms in total. The van der Waals surface area contributed by atoms with E-state index in [-0.39, 0.29) is 5.75 Å². The van der Waals surface area contributed by atoms with Crippen LogP contribution in [0, 0.1) is 0 Å². The lowest BCUT2D eigenvalue weighted by Gasteiger charge is -2.09. The number of phenolic OH excluding ortho intramolecular Hbond substituents is 1. The van der Waals surface area contributed by atoms with Gasteiger partial charge in [0, 0.05) is 11.1 Å². The summed E-state index contributed by atoms with van der Waals surface area (Å²) < 4.78 is 0. The Morgan fingerprint density at radius 1 is 0.893 bits per heavy atom. The lowest BCUT2D eigenvalue weighted by Crippen LogP contribution is -2.04. The van der Waals surface area contributed by atoms with E-state index in [0.29, 0.717) is 28.6 Å². The van der Waals surface area contributed by atoms with Crippen LogP contribution in [0.3, 0.4) is 0 Å². The summed E-state index contributed by atoms with van der Waals surface area (Å²) >= 11 is 0. The summed E-state index contributed by atoms with van der Waals surface area (Å²) in [5, 5.41) is 10.2. The van der Waals surface area contributed by atoms with E-state index in [4.69, 9.17) is 0 Å². The van der Waals surface area contributed by atoms with Crippen LogP contribution < -0.4 is 0 Å². The van der Waals surface area contributed by atoms with Crippen molar-refractivity contribution in [3.8, 4) is 17.1 Å². The zero-order valence-corrected chi connectivity index (χ0v) is 16.8. The molecule has 1 aromatic heterocycles. The van der Waals surface area contributed by atoms with Gasteiger partial charge in [-0.3, -0.25) is 0 Å². The summed E-state index contributed by atoms with van der Waals surface area (Å²) in [6, 6.07) is 6.92. The first-order valence-corrected chi connectivity index (χ1v) is 9.10. The largest absolute Gasteiger partial charge is 0.507 e. The number of para-hydroxylation sites is 1. The maximum Gasteiger partial charge on any atom is 0.167 e. The first-order valence-electron chi connectivity index (χ1n) is 9.10. The van der Waals surface area contributed by atoms with Crippen LogP contribution in [0.5, 0.6) is 5.75 Å². The van der Waals surface area contributed by atoms with E-state index in [1.54, 1.807) is 42.5 Å². The number of benzene rings is 1. The van der Waals surface area contributed by atoms with Crippen LogP contribution >= 0.6 is 0 Å². The Bertz CT molecular complexity index is 921. The summed E-state index contributed by atoms with van der Waals surface area (Å²) in [5.74, 6) is 1.40. The first kappa shape index (κ1) is 22.5. The average molecular weight is 374 g/mol. The molecule has 2 rings (SSSR count). The lowest BCUT2D eigenvalue weighted by atomic mass is 10.1. The maximum atomic E-state index is 10.2. The minimum absolute atomic E-state index is 0.101. The van der Waals surface area contributed by atoms with Crippen LogP contribution in [0.25, 0.3) is 22.5 Å². The van der Waals surface area contributed by atoms with Gasteiger partial charge in [-0.05, 0) is 19.1 Å². The fourth-order valence-corrected chi connectivity index (χ4v) is 2.29. The highest BCUT2D eigenvalue weighted by molar-refractivity contribution is 5.76. The van der Waals surface area contributed by atoms with Gasteiger partial charge in [0.2, 0.25) is 0 Å². The summed E-state index contributed by atoms with van der Waals surface area (Å²) in [4.78, 5) is 13.6. The number of phenols is 1. The zero-order chi connectivity index (χ0) is 20.9. The Kier molecular flexibility index (Phi) is 9.62. The Balaban J connectivity index is 0.00000190. The third kappa shape index (κ3) is 5.74. The molecule has 0 radical (unpaired) electrons. The van der Waals surface area contributed by atoms with Crippen LogP contribution in [0.15, 0.2) is 86.5 Å². The predicted molar refractivity (Wildman–Crippen MR) is 120 cm³/mol. The molecule has 1 heterocycles. The van der Waals surface area contributed by atoms with E-state index >= 15 is 0 Å². The van der Waals surface area contributed by atoms with Gasteiger partial charge < -0.3 is 5.11 Å². The molecule has 0 fully saturated rings. The molecule has 1 N–H and O–H groups in total. The summed E-state index contributed by atoms with van der Waals surface area (Å²) in [6.07, 6.45) is 12.3. The minimum Gasteiger partial charge on any atom is -0.507 e. The first-order chi connectivity index (χ1) is 13.6. The highest BCUT2D eigenvalue weighted by atomic mass is 16.3. The summed E-state index contributed by atoms with van der Waals surface area (Å²) in [6.45, 7) is 17.2. The zero-order valence-electron chi connectivity index (χ0n) is 16.8. The molecule has 1 aromatic carbocycles. The van der Waals surface area contributed by atoms with E-state index < -0.39 is 0 Å². The van der Waals surface area contributed by atoms with Gasteiger partial charge in [-0.2, -0.15) is 0 Å². The third-order valence-corrected chi connectivity index (χ3v) is 3.46. The lowest BCUT2D eigenvalue weighted by molar-refractivity contribution is 0.477. The van der Waals surface area contributed by atoms with Crippen molar-refractivity contribution in [2.75, 3.05) is 0 Å². The van der Waals surface area contributed by atoms with Crippen molar-refractivity contribution in [3.63, 3.8) is 0 Å². The number of hydrogen-bond donors (Lipinski definition) is 1. The molecule has 28 heavy (non-hydrogen) atoms. The van der Waals surface area contributed by atoms with E-state index in [1.807, 2.05) is 45.1 Å². The van der Waals surface area contributed by atoms with Gasteiger partial charge in [-0.15, -0.1) is 0 Å². The normalized spacial score (nSPS) is 11.5.